The molecule has 19 heavy (non-hydrogen) atoms. The Morgan fingerprint density at radius 1 is 1.16 bits per heavy atom. The fourth-order valence-corrected chi connectivity index (χ4v) is 2.31. The Morgan fingerprint density at radius 3 is 2.37 bits per heavy atom. The van der Waals surface area contributed by atoms with Crippen molar-refractivity contribution in [3.05, 3.63) is 51.4 Å². The molecule has 2 aromatic rings. The number of aryl methyl sites for hydroxylation is 3. The summed E-state index contributed by atoms with van der Waals surface area (Å²) in [6.45, 7) is 7.44. The summed E-state index contributed by atoms with van der Waals surface area (Å²) < 4.78 is 5.47. The first kappa shape index (κ1) is 13.7. The average molecular weight is 278 g/mol. The van der Waals surface area contributed by atoms with Crippen LogP contribution in [0, 0.1) is 27.7 Å². The monoisotopic (exact) mass is 277 g/mol. The predicted octanol–water partition coefficient (Wildman–Crippen LogP) is 4.42. The molecule has 100 valence electrons. The number of carbonyl (C=O) groups excluding carboxylic acids is 1. The molecule has 0 spiro atoms. The highest BCUT2D eigenvalue weighted by Crippen LogP contribution is 2.24. The third-order valence-corrected chi connectivity index (χ3v) is 3.46. The van der Waals surface area contributed by atoms with E-state index in [9.17, 15) is 4.79 Å². The highest BCUT2D eigenvalue weighted by molar-refractivity contribution is 6.30. The van der Waals surface area contributed by atoms with Gasteiger partial charge in [0.25, 0.3) is 5.91 Å². The molecule has 0 aliphatic rings. The van der Waals surface area contributed by atoms with E-state index in [1.165, 1.54) is 0 Å². The lowest BCUT2D eigenvalue weighted by molar-refractivity contribution is 0.102. The summed E-state index contributed by atoms with van der Waals surface area (Å²) in [5.74, 6) is 1.26. The summed E-state index contributed by atoms with van der Waals surface area (Å²) in [5, 5.41) is 3.55. The zero-order valence-corrected chi connectivity index (χ0v) is 12.2. The predicted molar refractivity (Wildman–Crippen MR) is 77.1 cm³/mol. The van der Waals surface area contributed by atoms with Gasteiger partial charge in [-0.15, -0.1) is 0 Å². The summed E-state index contributed by atoms with van der Waals surface area (Å²) >= 11 is 5.90. The van der Waals surface area contributed by atoms with Crippen LogP contribution >= 0.6 is 11.6 Å². The van der Waals surface area contributed by atoms with E-state index in [-0.39, 0.29) is 5.91 Å². The minimum absolute atomic E-state index is 0.155. The minimum atomic E-state index is -0.155. The van der Waals surface area contributed by atoms with Crippen molar-refractivity contribution in [1.29, 1.82) is 0 Å². The van der Waals surface area contributed by atoms with Crippen molar-refractivity contribution in [2.45, 2.75) is 27.7 Å². The van der Waals surface area contributed by atoms with E-state index in [1.54, 1.807) is 19.1 Å². The second-order valence-corrected chi connectivity index (χ2v) is 5.06. The average Bonchev–Trinajstić information content (AvgIpc) is 2.57. The number of anilines is 1. The topological polar surface area (TPSA) is 42.2 Å². The smallest absolute Gasteiger partial charge is 0.259 e. The molecular weight excluding hydrogens is 262 g/mol. The van der Waals surface area contributed by atoms with E-state index in [1.807, 2.05) is 26.8 Å². The molecule has 0 radical (unpaired) electrons. The van der Waals surface area contributed by atoms with E-state index < -0.39 is 0 Å². The van der Waals surface area contributed by atoms with Gasteiger partial charge >= 0.3 is 0 Å². The summed E-state index contributed by atoms with van der Waals surface area (Å²) in [5.41, 5.74) is 3.16. The zero-order valence-electron chi connectivity index (χ0n) is 11.4. The first-order valence-corrected chi connectivity index (χ1v) is 6.42. The Kier molecular flexibility index (Phi) is 3.67. The van der Waals surface area contributed by atoms with E-state index in [0.29, 0.717) is 16.3 Å². The van der Waals surface area contributed by atoms with Crippen molar-refractivity contribution in [3.63, 3.8) is 0 Å². The second kappa shape index (κ2) is 5.10. The van der Waals surface area contributed by atoms with Gasteiger partial charge in [-0.25, -0.2) is 0 Å². The lowest BCUT2D eigenvalue weighted by Gasteiger charge is -2.08. The summed E-state index contributed by atoms with van der Waals surface area (Å²) in [6.07, 6.45) is 0. The van der Waals surface area contributed by atoms with Crippen LogP contribution in [0.25, 0.3) is 0 Å². The number of benzene rings is 1. The maximum atomic E-state index is 12.3. The molecular formula is C15H16ClNO2. The van der Waals surface area contributed by atoms with Crippen LogP contribution in [-0.2, 0) is 0 Å². The third kappa shape index (κ3) is 2.66. The quantitative estimate of drug-likeness (QED) is 0.883. The molecule has 0 saturated heterocycles. The number of rotatable bonds is 2. The highest BCUT2D eigenvalue weighted by Gasteiger charge is 2.19. The lowest BCUT2D eigenvalue weighted by atomic mass is 10.1. The molecule has 2 rings (SSSR count). The molecule has 0 unspecified atom stereocenters. The van der Waals surface area contributed by atoms with Crippen molar-refractivity contribution in [2.75, 3.05) is 5.32 Å². The molecule has 0 atom stereocenters. The van der Waals surface area contributed by atoms with E-state index in [0.717, 1.165) is 22.6 Å². The molecule has 0 aliphatic heterocycles. The largest absolute Gasteiger partial charge is 0.466 e. The number of furan rings is 1. The van der Waals surface area contributed by atoms with Crippen LogP contribution < -0.4 is 5.32 Å². The van der Waals surface area contributed by atoms with Crippen molar-refractivity contribution >= 4 is 23.2 Å². The Morgan fingerprint density at radius 2 is 1.84 bits per heavy atom. The second-order valence-electron chi connectivity index (χ2n) is 4.63. The van der Waals surface area contributed by atoms with Crippen LogP contribution in [0.1, 0.15) is 33.0 Å². The number of hydrogen-bond donors (Lipinski definition) is 1. The van der Waals surface area contributed by atoms with Gasteiger partial charge in [0.1, 0.15) is 11.5 Å². The molecule has 4 heteroatoms. The lowest BCUT2D eigenvalue weighted by Crippen LogP contribution is -2.14. The summed E-state index contributed by atoms with van der Waals surface area (Å²) in [4.78, 5) is 12.3. The number of carbonyl (C=O) groups is 1. The molecule has 1 heterocycles. The first-order chi connectivity index (χ1) is 8.90. The van der Waals surface area contributed by atoms with Crippen LogP contribution in [0.5, 0.6) is 0 Å². The Bertz CT molecular complexity index is 644. The van der Waals surface area contributed by atoms with Gasteiger partial charge in [0.2, 0.25) is 0 Å². The van der Waals surface area contributed by atoms with E-state index >= 15 is 0 Å². The molecule has 0 saturated carbocycles. The maximum absolute atomic E-state index is 12.3. The SMILES string of the molecule is Cc1cc(Cl)ccc1NC(=O)c1c(C)oc(C)c1C. The Labute approximate surface area is 117 Å². The molecule has 0 aliphatic carbocycles. The van der Waals surface area contributed by atoms with Gasteiger partial charge < -0.3 is 9.73 Å². The molecule has 3 nitrogen and oxygen atoms in total. The van der Waals surface area contributed by atoms with Gasteiger partial charge in [0, 0.05) is 16.3 Å². The fourth-order valence-electron chi connectivity index (χ4n) is 2.08. The van der Waals surface area contributed by atoms with Gasteiger partial charge in [-0.05, 0) is 51.5 Å². The van der Waals surface area contributed by atoms with Crippen LogP contribution in [-0.4, -0.2) is 5.91 Å². The normalized spacial score (nSPS) is 10.6. The summed E-state index contributed by atoms with van der Waals surface area (Å²) in [6, 6.07) is 5.37. The molecule has 0 fully saturated rings. The van der Waals surface area contributed by atoms with Crippen LogP contribution in [0.2, 0.25) is 5.02 Å². The third-order valence-electron chi connectivity index (χ3n) is 3.23. The maximum Gasteiger partial charge on any atom is 0.259 e. The number of amides is 1. The molecule has 1 aromatic heterocycles. The van der Waals surface area contributed by atoms with Crippen molar-refractivity contribution in [1.82, 2.24) is 0 Å². The zero-order chi connectivity index (χ0) is 14.2. The van der Waals surface area contributed by atoms with Gasteiger partial charge in [-0.3, -0.25) is 4.79 Å². The number of halogens is 1. The van der Waals surface area contributed by atoms with Gasteiger partial charge in [-0.2, -0.15) is 0 Å². The van der Waals surface area contributed by atoms with Gasteiger partial charge in [0.15, 0.2) is 0 Å². The molecule has 1 aromatic carbocycles. The summed E-state index contributed by atoms with van der Waals surface area (Å²) in [7, 11) is 0. The highest BCUT2D eigenvalue weighted by atomic mass is 35.5. The minimum Gasteiger partial charge on any atom is -0.466 e. The van der Waals surface area contributed by atoms with Gasteiger partial charge in [-0.1, -0.05) is 11.6 Å². The first-order valence-electron chi connectivity index (χ1n) is 6.04. The molecule has 1 amide bonds. The fraction of sp³-hybridized carbons (Fsp3) is 0.267. The van der Waals surface area contributed by atoms with Crippen molar-refractivity contribution in [2.24, 2.45) is 0 Å². The van der Waals surface area contributed by atoms with Crippen LogP contribution in [0.15, 0.2) is 22.6 Å². The molecule has 1 N–H and O–H groups in total. The van der Waals surface area contributed by atoms with Crippen LogP contribution in [0.3, 0.4) is 0 Å². The van der Waals surface area contributed by atoms with Crippen LogP contribution in [0.4, 0.5) is 5.69 Å². The van der Waals surface area contributed by atoms with Crippen molar-refractivity contribution in [3.8, 4) is 0 Å². The number of nitrogens with one attached hydrogen (secondary N) is 1. The van der Waals surface area contributed by atoms with E-state index in [2.05, 4.69) is 5.32 Å². The standard InChI is InChI=1S/C15H16ClNO2/c1-8-7-12(16)5-6-13(8)17-15(18)14-9(2)10(3)19-11(14)4/h5-7H,1-4H3,(H,17,18). The molecule has 0 bridgehead atoms. The van der Waals surface area contributed by atoms with Gasteiger partial charge in [0.05, 0.1) is 5.56 Å². The number of hydrogen-bond acceptors (Lipinski definition) is 2. The van der Waals surface area contributed by atoms with E-state index in [4.69, 9.17) is 16.0 Å². The Hall–Kier alpha value is -1.74. The van der Waals surface area contributed by atoms with Crippen molar-refractivity contribution < 1.29 is 9.21 Å². The Balaban J connectivity index is 2.31.